The molecule has 40 heavy (non-hydrogen) atoms. The largest absolute Gasteiger partial charge is 0.481 e. The lowest BCUT2D eigenvalue weighted by Gasteiger charge is -2.43. The van der Waals surface area contributed by atoms with E-state index in [4.69, 9.17) is 11.6 Å². The highest BCUT2D eigenvalue weighted by Crippen LogP contribution is 2.24. The quantitative estimate of drug-likeness (QED) is 0.374. The maximum Gasteiger partial charge on any atom is 0.323 e. The fourth-order valence-electron chi connectivity index (χ4n) is 4.72. The van der Waals surface area contributed by atoms with Gasteiger partial charge in [0.05, 0.1) is 12.5 Å². The van der Waals surface area contributed by atoms with E-state index in [-0.39, 0.29) is 19.5 Å². The Balaban J connectivity index is 1.68. The number of hydrogen-bond acceptors (Lipinski definition) is 4. The minimum atomic E-state index is -1.32. The van der Waals surface area contributed by atoms with Gasteiger partial charge < -0.3 is 20.6 Å². The van der Waals surface area contributed by atoms with E-state index in [0.29, 0.717) is 28.3 Å². The number of nitrogens with zero attached hydrogens (tertiary/aromatic N) is 2. The third-order valence-corrected chi connectivity index (χ3v) is 6.89. The topological polar surface area (TPSA) is 119 Å². The van der Waals surface area contributed by atoms with Crippen LogP contribution in [0.3, 0.4) is 0 Å². The van der Waals surface area contributed by atoms with Gasteiger partial charge in [0.1, 0.15) is 0 Å². The van der Waals surface area contributed by atoms with Crippen molar-refractivity contribution in [2.24, 2.45) is 0 Å². The van der Waals surface area contributed by atoms with Crippen molar-refractivity contribution in [3.05, 3.63) is 100 Å². The first kappa shape index (κ1) is 28.6. The average molecular weight is 563 g/mol. The summed E-state index contributed by atoms with van der Waals surface area (Å²) in [5, 5.41) is 15.6. The Hall–Kier alpha value is -4.37. The fourth-order valence-corrected chi connectivity index (χ4v) is 4.91. The zero-order chi connectivity index (χ0) is 28.8. The first-order chi connectivity index (χ1) is 19.1. The van der Waals surface area contributed by atoms with Gasteiger partial charge >= 0.3 is 12.0 Å². The maximum atomic E-state index is 13.9. The first-order valence-corrected chi connectivity index (χ1v) is 13.3. The lowest BCUT2D eigenvalue weighted by Crippen LogP contribution is -2.64. The summed E-state index contributed by atoms with van der Waals surface area (Å²) in [5.41, 5.74) is 3.29. The molecule has 3 aromatic carbocycles. The van der Waals surface area contributed by atoms with Gasteiger partial charge in [-0.25, -0.2) is 4.79 Å². The van der Waals surface area contributed by atoms with Gasteiger partial charge in [0.2, 0.25) is 0 Å². The van der Waals surface area contributed by atoms with Crippen LogP contribution in [0.1, 0.15) is 45.9 Å². The summed E-state index contributed by atoms with van der Waals surface area (Å²) in [6, 6.07) is 19.3. The predicted octanol–water partition coefficient (Wildman–Crippen LogP) is 5.00. The zero-order valence-electron chi connectivity index (χ0n) is 22.3. The molecule has 4 amide bonds. The molecular formula is C30H31ClN4O5. The van der Waals surface area contributed by atoms with Crippen molar-refractivity contribution >= 4 is 41.1 Å². The third kappa shape index (κ3) is 6.98. The maximum absolute atomic E-state index is 13.9. The van der Waals surface area contributed by atoms with Gasteiger partial charge in [-0.2, -0.15) is 0 Å². The van der Waals surface area contributed by atoms with Gasteiger partial charge in [0, 0.05) is 29.4 Å². The summed E-state index contributed by atoms with van der Waals surface area (Å²) in [4.78, 5) is 55.4. The molecule has 3 aromatic rings. The van der Waals surface area contributed by atoms with Crippen molar-refractivity contribution in [1.29, 1.82) is 0 Å². The highest BCUT2D eigenvalue weighted by molar-refractivity contribution is 6.30. The summed E-state index contributed by atoms with van der Waals surface area (Å²) in [6.07, 6.45) is -1.24. The number of carboxylic acid groups (broad SMARTS) is 1. The molecular weight excluding hydrogens is 532 g/mol. The number of halogens is 1. The van der Waals surface area contributed by atoms with Gasteiger partial charge in [-0.05, 0) is 56.2 Å². The lowest BCUT2D eigenvalue weighted by molar-refractivity contribution is -0.138. The molecule has 0 aliphatic carbocycles. The smallest absolute Gasteiger partial charge is 0.323 e. The fraction of sp³-hybridized carbons (Fsp3) is 0.267. The Morgan fingerprint density at radius 2 is 1.62 bits per heavy atom. The van der Waals surface area contributed by atoms with Gasteiger partial charge in [-0.15, -0.1) is 0 Å². The highest BCUT2D eigenvalue weighted by atomic mass is 35.5. The van der Waals surface area contributed by atoms with Crippen molar-refractivity contribution in [2.45, 2.75) is 38.9 Å². The molecule has 0 radical (unpaired) electrons. The molecule has 10 heteroatoms. The van der Waals surface area contributed by atoms with Crippen LogP contribution in [-0.4, -0.2) is 58.0 Å². The number of carbonyl (C=O) groups is 4. The molecule has 1 heterocycles. The van der Waals surface area contributed by atoms with E-state index in [1.54, 1.807) is 66.7 Å². The number of carboxylic acids is 1. The number of rotatable bonds is 7. The molecule has 1 aliphatic heterocycles. The number of urea groups is 1. The van der Waals surface area contributed by atoms with Gasteiger partial charge in [-0.1, -0.05) is 65.2 Å². The van der Waals surface area contributed by atoms with Crippen molar-refractivity contribution in [2.75, 3.05) is 18.4 Å². The Morgan fingerprint density at radius 3 is 2.30 bits per heavy atom. The monoisotopic (exact) mass is 562 g/mol. The van der Waals surface area contributed by atoms with Crippen molar-refractivity contribution in [3.8, 4) is 0 Å². The molecule has 0 aromatic heterocycles. The number of nitrogens with one attached hydrogen (secondary N) is 2. The number of anilines is 1. The van der Waals surface area contributed by atoms with Crippen LogP contribution in [0.4, 0.5) is 10.5 Å². The Kier molecular flexibility index (Phi) is 9.06. The van der Waals surface area contributed by atoms with Crippen LogP contribution < -0.4 is 10.6 Å². The molecule has 2 atom stereocenters. The number of aryl methyl sites for hydroxylation is 2. The Morgan fingerprint density at radius 1 is 0.925 bits per heavy atom. The van der Waals surface area contributed by atoms with Crippen LogP contribution in [0.5, 0.6) is 0 Å². The second-order valence-corrected chi connectivity index (χ2v) is 10.2. The Bertz CT molecular complexity index is 1410. The van der Waals surface area contributed by atoms with Crippen LogP contribution in [0.15, 0.2) is 72.8 Å². The second kappa shape index (κ2) is 12.7. The normalized spacial score (nSPS) is 15.7. The number of aliphatic carboxylic acids is 1. The average Bonchev–Trinajstić information content (AvgIpc) is 2.92. The van der Waals surface area contributed by atoms with E-state index in [2.05, 4.69) is 10.6 Å². The van der Waals surface area contributed by atoms with Crippen LogP contribution in [-0.2, 0) is 9.59 Å². The molecule has 1 aliphatic rings. The molecule has 0 bridgehead atoms. The van der Waals surface area contributed by atoms with E-state index in [1.165, 1.54) is 9.80 Å². The summed E-state index contributed by atoms with van der Waals surface area (Å²) in [7, 11) is 0. The molecule has 0 saturated carbocycles. The summed E-state index contributed by atoms with van der Waals surface area (Å²) < 4.78 is 0. The molecule has 208 valence electrons. The van der Waals surface area contributed by atoms with E-state index in [0.717, 1.165) is 11.1 Å². The van der Waals surface area contributed by atoms with E-state index in [1.807, 2.05) is 19.9 Å². The van der Waals surface area contributed by atoms with Gasteiger partial charge in [-0.3, -0.25) is 19.3 Å². The SMILES string of the molecule is Cc1ccc(C(=O)N2CCCN(C(=O)Nc3cccc(Cl)c3)C2C(=O)NC(CC(=O)O)c2cccc(C)c2)cc1. The second-order valence-electron chi connectivity index (χ2n) is 9.80. The molecule has 4 rings (SSSR count). The molecule has 9 nitrogen and oxygen atoms in total. The summed E-state index contributed by atoms with van der Waals surface area (Å²) >= 11 is 6.08. The van der Waals surface area contributed by atoms with Crippen LogP contribution >= 0.6 is 11.6 Å². The molecule has 1 saturated heterocycles. The first-order valence-electron chi connectivity index (χ1n) is 12.9. The van der Waals surface area contributed by atoms with Crippen molar-refractivity contribution < 1.29 is 24.3 Å². The lowest BCUT2D eigenvalue weighted by atomic mass is 10.0. The minimum absolute atomic E-state index is 0.205. The van der Waals surface area contributed by atoms with E-state index >= 15 is 0 Å². The zero-order valence-corrected chi connectivity index (χ0v) is 23.0. The van der Waals surface area contributed by atoms with Crippen LogP contribution in [0.2, 0.25) is 5.02 Å². The summed E-state index contributed by atoms with van der Waals surface area (Å²) in [6.45, 7) is 4.21. The number of carbonyl (C=O) groups excluding carboxylic acids is 3. The number of amides is 4. The van der Waals surface area contributed by atoms with Crippen molar-refractivity contribution in [1.82, 2.24) is 15.1 Å². The van der Waals surface area contributed by atoms with Crippen LogP contribution in [0, 0.1) is 13.8 Å². The van der Waals surface area contributed by atoms with Crippen molar-refractivity contribution in [3.63, 3.8) is 0 Å². The number of benzene rings is 3. The van der Waals surface area contributed by atoms with E-state index < -0.39 is 36.0 Å². The standard InChI is InChI=1S/C30H31ClN4O5/c1-19-10-12-21(13-11-19)29(39)34-14-5-15-35(30(40)32-24-9-4-8-23(31)17-24)28(34)27(38)33-25(18-26(36)37)22-7-3-6-20(2)16-22/h3-4,6-13,16-17,25,28H,5,14-15,18H2,1-2H3,(H,32,40)(H,33,38)(H,36,37). The summed E-state index contributed by atoms with van der Waals surface area (Å²) in [5.74, 6) is -2.17. The molecule has 1 fully saturated rings. The van der Waals surface area contributed by atoms with Gasteiger partial charge in [0.25, 0.3) is 11.8 Å². The highest BCUT2D eigenvalue weighted by Gasteiger charge is 2.41. The molecule has 2 unspecified atom stereocenters. The van der Waals surface area contributed by atoms with Gasteiger partial charge in [0.15, 0.2) is 6.17 Å². The van der Waals surface area contributed by atoms with E-state index in [9.17, 15) is 24.3 Å². The third-order valence-electron chi connectivity index (χ3n) is 6.66. The molecule has 3 N–H and O–H groups in total. The Labute approximate surface area is 237 Å². The predicted molar refractivity (Wildman–Crippen MR) is 152 cm³/mol. The molecule has 0 spiro atoms. The minimum Gasteiger partial charge on any atom is -0.481 e. The number of hydrogen-bond donors (Lipinski definition) is 3. The van der Waals surface area contributed by atoms with Crippen LogP contribution in [0.25, 0.3) is 0 Å².